The van der Waals surface area contributed by atoms with E-state index in [1.165, 1.54) is 13.8 Å². The standard InChI is InChI=1S/C61H80N6O17/c1-11-61(76)45-28-48-54-43(29-67(48)57(73)44(45)31-80-59(61)74)41(42-14-12-13-15-46(42)63-54)18-21-66(34(4)5)60(75)81-30-40-16-17-47(50(27-40)83-58-37(8)36(7)55(82-39(10)69)51(84-58)32-79-38(9)68)64-56(72)35(6)26-49(70)53(33(2)3)65-52(71)19-22-77-24-25-78-23-20-62/h12-17,27-28,33-37,51,53,55,58,76H,11,18-26,29-32,62H2,1-10H3,(H,64,72)(H,65,71)/t35-,36-,37-,51-,53+,55-,58-,61+/m1/s1. The topological polar surface area (TPSA) is 302 Å². The van der Waals surface area contributed by atoms with Gasteiger partial charge < -0.3 is 68.8 Å². The molecule has 2 aromatic carbocycles. The molecular weight excluding hydrogens is 1090 g/mol. The number of esters is 3. The first-order valence-electron chi connectivity index (χ1n) is 28.7. The monoisotopic (exact) mass is 1170 g/mol. The van der Waals surface area contributed by atoms with E-state index in [4.69, 9.17) is 48.6 Å². The number of amides is 3. The predicted octanol–water partition coefficient (Wildman–Crippen LogP) is 5.60. The van der Waals surface area contributed by atoms with Crippen LogP contribution in [0.25, 0.3) is 22.3 Å². The molecule has 3 aliphatic heterocycles. The van der Waals surface area contributed by atoms with Crippen molar-refractivity contribution in [1.82, 2.24) is 19.8 Å². The van der Waals surface area contributed by atoms with Gasteiger partial charge in [-0.05, 0) is 68.0 Å². The highest BCUT2D eigenvalue weighted by molar-refractivity contribution is 5.98. The fraction of sp³-hybridized carbons (Fsp3) is 0.557. The third-order valence-electron chi connectivity index (χ3n) is 15.7. The highest BCUT2D eigenvalue weighted by atomic mass is 16.7. The van der Waals surface area contributed by atoms with Crippen molar-refractivity contribution >= 4 is 58.2 Å². The van der Waals surface area contributed by atoms with E-state index in [1.54, 1.807) is 61.4 Å². The largest absolute Gasteiger partial charge is 0.463 e. The number of carbonyl (C=O) groups is 7. The number of carbonyl (C=O) groups excluding carboxylic acids is 7. The fourth-order valence-electron chi connectivity index (χ4n) is 10.7. The zero-order valence-corrected chi connectivity index (χ0v) is 49.6. The second kappa shape index (κ2) is 28.5. The lowest BCUT2D eigenvalue weighted by Crippen LogP contribution is -2.54. The molecule has 5 heterocycles. The molecule has 84 heavy (non-hydrogen) atoms. The van der Waals surface area contributed by atoms with Crippen molar-refractivity contribution in [3.63, 3.8) is 0 Å². The van der Waals surface area contributed by atoms with Crippen molar-refractivity contribution in [1.29, 1.82) is 0 Å². The second-order valence-corrected chi connectivity index (χ2v) is 22.3. The van der Waals surface area contributed by atoms with Crippen LogP contribution in [-0.4, -0.2) is 138 Å². The number of fused-ring (bicyclic) bond motifs is 5. The summed E-state index contributed by atoms with van der Waals surface area (Å²) in [6.45, 7) is 17.9. The SMILES string of the molecule is CC[C@@]1(O)C(=O)OCc2c1cc1n(c2=O)Cc2c-1nc1ccccc1c2CCN(C(=O)OCc1ccc(NC(=O)[C@H](C)CC(=O)[C@@H](NC(=O)CCOCCOCCN)C(C)C)c(O[C@@H]2O[C@H](COC(C)=O)[C@H](OC(C)=O)[C@H](C)[C@H]2C)c1)C(C)C. The van der Waals surface area contributed by atoms with Crippen molar-refractivity contribution in [3.05, 3.63) is 86.7 Å². The summed E-state index contributed by atoms with van der Waals surface area (Å²) in [5.74, 6) is -5.12. The number of benzene rings is 2. The molecule has 5 N–H and O–H groups in total. The van der Waals surface area contributed by atoms with Crippen LogP contribution in [0.15, 0.2) is 53.3 Å². The van der Waals surface area contributed by atoms with Crippen LogP contribution >= 0.6 is 0 Å². The van der Waals surface area contributed by atoms with Crippen LogP contribution in [-0.2, 0) is 93.7 Å². The lowest BCUT2D eigenvalue weighted by Gasteiger charge is -2.43. The Morgan fingerprint density at radius 3 is 2.32 bits per heavy atom. The van der Waals surface area contributed by atoms with Gasteiger partial charge in [0.15, 0.2) is 11.4 Å². The van der Waals surface area contributed by atoms with Crippen molar-refractivity contribution in [2.75, 3.05) is 51.4 Å². The number of Topliss-reactive ketones (excluding diaryl/α,β-unsaturated/α-hetero) is 1. The van der Waals surface area contributed by atoms with E-state index in [2.05, 4.69) is 10.6 Å². The summed E-state index contributed by atoms with van der Waals surface area (Å²) >= 11 is 0. The number of hydrogen-bond acceptors (Lipinski definition) is 19. The minimum Gasteiger partial charge on any atom is -0.463 e. The number of aromatic nitrogens is 2. The molecule has 23 nitrogen and oxygen atoms in total. The van der Waals surface area contributed by atoms with E-state index in [0.717, 1.165) is 16.5 Å². The molecule has 0 spiro atoms. The number of pyridine rings is 2. The average molecular weight is 1170 g/mol. The number of ether oxygens (including phenoxy) is 8. The Balaban J connectivity index is 1.10. The van der Waals surface area contributed by atoms with Gasteiger partial charge in [0.05, 0.1) is 67.2 Å². The van der Waals surface area contributed by atoms with Gasteiger partial charge in [0.1, 0.15) is 37.8 Å². The number of anilines is 1. The van der Waals surface area contributed by atoms with Crippen LogP contribution in [0.5, 0.6) is 5.75 Å². The van der Waals surface area contributed by atoms with E-state index in [1.807, 2.05) is 52.0 Å². The Hall–Kier alpha value is -7.31. The number of ketones is 1. The number of hydrogen-bond donors (Lipinski definition) is 4. The van der Waals surface area contributed by atoms with Crippen LogP contribution in [0.1, 0.15) is 116 Å². The number of para-hydroxylation sites is 1. The van der Waals surface area contributed by atoms with Crippen LogP contribution in [0, 0.1) is 23.7 Å². The van der Waals surface area contributed by atoms with Crippen LogP contribution in [0.2, 0.25) is 0 Å². The molecule has 0 aliphatic carbocycles. The Kier molecular flexibility index (Phi) is 21.8. The van der Waals surface area contributed by atoms with Gasteiger partial charge in [-0.25, -0.2) is 14.6 Å². The van der Waals surface area contributed by atoms with Gasteiger partial charge in [0.2, 0.25) is 18.1 Å². The maximum absolute atomic E-state index is 14.3. The molecular formula is C61H80N6O17. The summed E-state index contributed by atoms with van der Waals surface area (Å²) in [5.41, 5.74) is 7.39. The highest BCUT2D eigenvalue weighted by Crippen LogP contribution is 2.41. The minimum absolute atomic E-state index is 0.000371. The number of rotatable bonds is 27. The summed E-state index contributed by atoms with van der Waals surface area (Å²) in [6, 6.07) is 12.8. The number of nitrogens with zero attached hydrogens (tertiary/aromatic N) is 3. The number of aliphatic hydroxyl groups is 1. The molecule has 1 saturated heterocycles. The minimum atomic E-state index is -1.99. The Bertz CT molecular complexity index is 3140. The molecule has 0 saturated carbocycles. The smallest absolute Gasteiger partial charge is 0.410 e. The summed E-state index contributed by atoms with van der Waals surface area (Å²) in [7, 11) is 0. The van der Waals surface area contributed by atoms with E-state index in [9.17, 15) is 43.5 Å². The van der Waals surface area contributed by atoms with Gasteiger partial charge >= 0.3 is 24.0 Å². The molecule has 1 fully saturated rings. The van der Waals surface area contributed by atoms with E-state index >= 15 is 0 Å². The molecule has 3 amide bonds. The maximum atomic E-state index is 14.3. The molecule has 0 bridgehead atoms. The van der Waals surface area contributed by atoms with E-state index in [-0.39, 0.29) is 118 Å². The van der Waals surface area contributed by atoms with Gasteiger partial charge in [-0.1, -0.05) is 65.8 Å². The quantitative estimate of drug-likeness (QED) is 0.0283. The molecule has 0 unspecified atom stereocenters. The third kappa shape index (κ3) is 15.0. The van der Waals surface area contributed by atoms with E-state index < -0.39 is 77.4 Å². The molecule has 3 aliphatic rings. The highest BCUT2D eigenvalue weighted by Gasteiger charge is 2.47. The Morgan fingerprint density at radius 2 is 1.64 bits per heavy atom. The number of nitrogens with two attached hydrogens (primary N) is 1. The van der Waals surface area contributed by atoms with Crippen LogP contribution in [0.4, 0.5) is 10.5 Å². The molecule has 7 rings (SSSR count). The predicted molar refractivity (Wildman–Crippen MR) is 306 cm³/mol. The van der Waals surface area contributed by atoms with Gasteiger partial charge in [-0.15, -0.1) is 0 Å². The lowest BCUT2D eigenvalue weighted by molar-refractivity contribution is -0.247. The molecule has 8 atom stereocenters. The third-order valence-corrected chi connectivity index (χ3v) is 15.7. The molecule has 0 radical (unpaired) electrons. The first-order valence-corrected chi connectivity index (χ1v) is 28.7. The molecule has 23 heteroatoms. The van der Waals surface area contributed by atoms with Crippen molar-refractivity contribution in [2.24, 2.45) is 29.4 Å². The summed E-state index contributed by atoms with van der Waals surface area (Å²) in [5, 5.41) is 18.0. The summed E-state index contributed by atoms with van der Waals surface area (Å²) in [4.78, 5) is 113. The summed E-state index contributed by atoms with van der Waals surface area (Å²) in [6.07, 6.45) is -3.30. The van der Waals surface area contributed by atoms with Crippen molar-refractivity contribution in [2.45, 2.75) is 151 Å². The first kappa shape index (κ1) is 64.3. The van der Waals surface area contributed by atoms with E-state index in [0.29, 0.717) is 48.6 Å². The Labute approximate surface area is 488 Å². The first-order chi connectivity index (χ1) is 40.0. The van der Waals surface area contributed by atoms with Gasteiger partial charge in [0, 0.05) is 80.1 Å². The van der Waals surface area contributed by atoms with Gasteiger partial charge in [-0.2, -0.15) is 0 Å². The average Bonchev–Trinajstić information content (AvgIpc) is 1.71. The zero-order chi connectivity index (χ0) is 61.2. The van der Waals surface area contributed by atoms with Crippen molar-refractivity contribution < 1.29 is 76.6 Å². The van der Waals surface area contributed by atoms with Crippen LogP contribution < -0.4 is 26.7 Å². The lowest BCUT2D eigenvalue weighted by atomic mass is 9.84. The van der Waals surface area contributed by atoms with Gasteiger partial charge in [-0.3, -0.25) is 28.8 Å². The molecule has 456 valence electrons. The van der Waals surface area contributed by atoms with Crippen molar-refractivity contribution in [3.8, 4) is 17.1 Å². The van der Waals surface area contributed by atoms with Crippen LogP contribution in [0.3, 0.4) is 0 Å². The number of nitrogens with one attached hydrogen (secondary N) is 2. The fourth-order valence-corrected chi connectivity index (χ4v) is 10.7. The molecule has 2 aromatic heterocycles. The summed E-state index contributed by atoms with van der Waals surface area (Å²) < 4.78 is 47.6. The zero-order valence-electron chi connectivity index (χ0n) is 49.6. The normalized spacial score (nSPS) is 20.5. The number of cyclic esters (lactones) is 1. The molecule has 4 aromatic rings. The van der Waals surface area contributed by atoms with Gasteiger partial charge in [0.25, 0.3) is 5.56 Å². The second-order valence-electron chi connectivity index (χ2n) is 22.3. The Morgan fingerprint density at radius 1 is 0.917 bits per heavy atom. The maximum Gasteiger partial charge on any atom is 0.410 e.